The number of unbranched alkanes of at least 4 members (excludes halogenated alkanes) is 27. The standard InChI is InChI=1S/C46H87NO4/c1-3-5-7-9-11-13-15-16-17-18-19-20-21-22-23-24-25-26-27-28-30-31-33-35-37-39-43(49)41-46(51)47-44(42-48)45(50)40-38-36-34-32-29-14-12-10-8-6-4-2/h22-23,29,32,38,40,43-45,48-50H,3-21,24-28,30-31,33-37,39,41-42H2,1-2H3,(H,47,51)/b23-22-,32-29+,40-38+. The fourth-order valence-electron chi connectivity index (χ4n) is 6.70. The number of carbonyl (C=O) groups excluding carboxylic acids is 1. The van der Waals surface area contributed by atoms with Crippen LogP contribution >= 0.6 is 0 Å². The van der Waals surface area contributed by atoms with Crippen molar-refractivity contribution in [2.45, 2.75) is 244 Å². The first kappa shape index (κ1) is 49.6. The third kappa shape index (κ3) is 38.1. The number of hydrogen-bond donors (Lipinski definition) is 4. The quantitative estimate of drug-likeness (QED) is 0.0375. The van der Waals surface area contributed by atoms with Gasteiger partial charge in [-0.05, 0) is 57.8 Å². The zero-order valence-corrected chi connectivity index (χ0v) is 34.0. The van der Waals surface area contributed by atoms with E-state index < -0.39 is 18.2 Å². The number of nitrogens with one attached hydrogen (secondary N) is 1. The van der Waals surface area contributed by atoms with E-state index in [-0.39, 0.29) is 18.9 Å². The molecule has 0 aromatic rings. The van der Waals surface area contributed by atoms with Gasteiger partial charge >= 0.3 is 0 Å². The van der Waals surface area contributed by atoms with Crippen molar-refractivity contribution in [2.24, 2.45) is 0 Å². The van der Waals surface area contributed by atoms with Crippen molar-refractivity contribution in [3.05, 3.63) is 36.5 Å². The molecule has 1 amide bonds. The fourth-order valence-corrected chi connectivity index (χ4v) is 6.70. The van der Waals surface area contributed by atoms with E-state index in [0.717, 1.165) is 32.1 Å². The van der Waals surface area contributed by atoms with E-state index in [1.165, 1.54) is 167 Å². The summed E-state index contributed by atoms with van der Waals surface area (Å²) in [5, 5.41) is 33.1. The molecular formula is C46H87NO4. The maximum absolute atomic E-state index is 12.4. The number of allylic oxidation sites excluding steroid dienone is 5. The van der Waals surface area contributed by atoms with Crippen LogP contribution in [0.5, 0.6) is 0 Å². The van der Waals surface area contributed by atoms with E-state index in [1.807, 2.05) is 6.08 Å². The Balaban J connectivity index is 3.61. The minimum atomic E-state index is -0.950. The van der Waals surface area contributed by atoms with Crippen LogP contribution in [0.3, 0.4) is 0 Å². The van der Waals surface area contributed by atoms with Gasteiger partial charge < -0.3 is 20.6 Å². The van der Waals surface area contributed by atoms with Gasteiger partial charge in [0.05, 0.1) is 31.3 Å². The molecule has 0 rings (SSSR count). The molecule has 0 aromatic carbocycles. The van der Waals surface area contributed by atoms with Crippen molar-refractivity contribution in [3.63, 3.8) is 0 Å². The van der Waals surface area contributed by atoms with Crippen molar-refractivity contribution in [3.8, 4) is 0 Å². The Kier molecular flexibility index (Phi) is 40.2. The fraction of sp³-hybridized carbons (Fsp3) is 0.848. The lowest BCUT2D eigenvalue weighted by molar-refractivity contribution is -0.124. The first-order valence-electron chi connectivity index (χ1n) is 22.3. The normalized spacial score (nSPS) is 13.9. The summed E-state index contributed by atoms with van der Waals surface area (Å²) >= 11 is 0. The second-order valence-corrected chi connectivity index (χ2v) is 15.3. The van der Waals surface area contributed by atoms with Gasteiger partial charge in [0.1, 0.15) is 0 Å². The van der Waals surface area contributed by atoms with Gasteiger partial charge in [-0.3, -0.25) is 4.79 Å². The van der Waals surface area contributed by atoms with Gasteiger partial charge in [-0.1, -0.05) is 198 Å². The van der Waals surface area contributed by atoms with Crippen LogP contribution in [0.2, 0.25) is 0 Å². The minimum Gasteiger partial charge on any atom is -0.394 e. The molecule has 0 bridgehead atoms. The molecule has 4 N–H and O–H groups in total. The first-order chi connectivity index (χ1) is 25.0. The Morgan fingerprint density at radius 1 is 0.490 bits per heavy atom. The molecule has 0 aliphatic rings. The summed E-state index contributed by atoms with van der Waals surface area (Å²) in [7, 11) is 0. The van der Waals surface area contributed by atoms with Gasteiger partial charge in [0.25, 0.3) is 0 Å². The lowest BCUT2D eigenvalue weighted by Gasteiger charge is -2.21. The predicted octanol–water partition coefficient (Wildman–Crippen LogP) is 12.8. The van der Waals surface area contributed by atoms with Crippen LogP contribution in [0.4, 0.5) is 0 Å². The lowest BCUT2D eigenvalue weighted by atomic mass is 10.0. The second kappa shape index (κ2) is 41.3. The number of aliphatic hydroxyl groups excluding tert-OH is 3. The Bertz CT molecular complexity index is 794. The van der Waals surface area contributed by atoms with E-state index in [1.54, 1.807) is 6.08 Å². The van der Waals surface area contributed by atoms with Crippen LogP contribution in [-0.2, 0) is 4.79 Å². The molecule has 0 saturated carbocycles. The van der Waals surface area contributed by atoms with E-state index in [0.29, 0.717) is 6.42 Å². The highest BCUT2D eigenvalue weighted by molar-refractivity contribution is 5.76. The number of rotatable bonds is 40. The van der Waals surface area contributed by atoms with E-state index >= 15 is 0 Å². The second-order valence-electron chi connectivity index (χ2n) is 15.3. The topological polar surface area (TPSA) is 89.8 Å². The Morgan fingerprint density at radius 2 is 0.843 bits per heavy atom. The van der Waals surface area contributed by atoms with Gasteiger partial charge in [0.2, 0.25) is 5.91 Å². The molecule has 0 radical (unpaired) electrons. The molecular weight excluding hydrogens is 631 g/mol. The predicted molar refractivity (Wildman–Crippen MR) is 222 cm³/mol. The molecule has 300 valence electrons. The Hall–Kier alpha value is -1.43. The molecule has 0 aliphatic heterocycles. The molecule has 0 heterocycles. The highest BCUT2D eigenvalue weighted by Gasteiger charge is 2.20. The summed E-state index contributed by atoms with van der Waals surface area (Å²) in [5.74, 6) is -0.328. The van der Waals surface area contributed by atoms with Crippen LogP contribution < -0.4 is 5.32 Å². The first-order valence-corrected chi connectivity index (χ1v) is 22.3. The molecule has 3 unspecified atom stereocenters. The highest BCUT2D eigenvalue weighted by atomic mass is 16.3. The Morgan fingerprint density at radius 3 is 1.25 bits per heavy atom. The third-order valence-corrected chi connectivity index (χ3v) is 10.1. The number of carbonyl (C=O) groups is 1. The average Bonchev–Trinajstić information content (AvgIpc) is 3.12. The smallest absolute Gasteiger partial charge is 0.222 e. The van der Waals surface area contributed by atoms with Crippen LogP contribution in [0, 0.1) is 0 Å². The number of hydrogen-bond acceptors (Lipinski definition) is 4. The molecule has 5 nitrogen and oxygen atoms in total. The van der Waals surface area contributed by atoms with E-state index in [2.05, 4.69) is 43.5 Å². The van der Waals surface area contributed by atoms with Gasteiger partial charge in [-0.2, -0.15) is 0 Å². The average molecular weight is 718 g/mol. The van der Waals surface area contributed by atoms with E-state index in [9.17, 15) is 20.1 Å². The zero-order chi connectivity index (χ0) is 37.3. The van der Waals surface area contributed by atoms with Gasteiger partial charge in [-0.25, -0.2) is 0 Å². The monoisotopic (exact) mass is 718 g/mol. The summed E-state index contributed by atoms with van der Waals surface area (Å²) in [5.41, 5.74) is 0. The Labute approximate surface area is 317 Å². The minimum absolute atomic E-state index is 0.00472. The zero-order valence-electron chi connectivity index (χ0n) is 34.0. The van der Waals surface area contributed by atoms with Crippen LogP contribution in [-0.4, -0.2) is 46.1 Å². The van der Waals surface area contributed by atoms with Crippen molar-refractivity contribution in [2.75, 3.05) is 6.61 Å². The number of aliphatic hydroxyl groups is 3. The van der Waals surface area contributed by atoms with Crippen molar-refractivity contribution in [1.82, 2.24) is 5.32 Å². The summed E-state index contributed by atoms with van der Waals surface area (Å²) in [6, 6.07) is -0.759. The molecule has 3 atom stereocenters. The van der Waals surface area contributed by atoms with Crippen LogP contribution in [0.15, 0.2) is 36.5 Å². The molecule has 0 saturated heterocycles. The van der Waals surface area contributed by atoms with Gasteiger partial charge in [0, 0.05) is 0 Å². The van der Waals surface area contributed by atoms with Gasteiger partial charge in [0.15, 0.2) is 0 Å². The van der Waals surface area contributed by atoms with Gasteiger partial charge in [-0.15, -0.1) is 0 Å². The maximum Gasteiger partial charge on any atom is 0.222 e. The molecule has 0 spiro atoms. The molecule has 0 aromatic heterocycles. The molecule has 51 heavy (non-hydrogen) atoms. The summed E-state index contributed by atoms with van der Waals surface area (Å²) in [6.07, 6.45) is 51.6. The lowest BCUT2D eigenvalue weighted by Crippen LogP contribution is -2.45. The van der Waals surface area contributed by atoms with Crippen LogP contribution in [0.25, 0.3) is 0 Å². The summed E-state index contributed by atoms with van der Waals surface area (Å²) in [4.78, 5) is 12.4. The molecule has 0 fully saturated rings. The van der Waals surface area contributed by atoms with Crippen molar-refractivity contribution in [1.29, 1.82) is 0 Å². The SMILES string of the molecule is CCCCCCC/C=C/CC/C=C/C(O)C(CO)NC(=O)CC(O)CCCCCCCCCCC/C=C\CCCCCCCCCCCCCC. The largest absolute Gasteiger partial charge is 0.394 e. The maximum atomic E-state index is 12.4. The number of amides is 1. The van der Waals surface area contributed by atoms with Crippen LogP contribution in [0.1, 0.15) is 226 Å². The molecule has 0 aliphatic carbocycles. The van der Waals surface area contributed by atoms with Crippen molar-refractivity contribution >= 4 is 5.91 Å². The van der Waals surface area contributed by atoms with Crippen molar-refractivity contribution < 1.29 is 20.1 Å². The summed E-state index contributed by atoms with van der Waals surface area (Å²) in [6.45, 7) is 4.18. The third-order valence-electron chi connectivity index (χ3n) is 10.1. The van der Waals surface area contributed by atoms with E-state index in [4.69, 9.17) is 0 Å². The summed E-state index contributed by atoms with van der Waals surface area (Å²) < 4.78 is 0. The molecule has 5 heteroatoms. The highest BCUT2D eigenvalue weighted by Crippen LogP contribution is 2.15.